The van der Waals surface area contributed by atoms with Crippen molar-refractivity contribution in [2.75, 3.05) is 19.0 Å². The lowest BCUT2D eigenvalue weighted by molar-refractivity contribution is 0.103. The van der Waals surface area contributed by atoms with Crippen LogP contribution in [0.25, 0.3) is 0 Å². The molecule has 0 radical (unpaired) electrons. The molecule has 5 heteroatoms. The van der Waals surface area contributed by atoms with Gasteiger partial charge in [-0.3, -0.25) is 4.79 Å². The van der Waals surface area contributed by atoms with E-state index in [-0.39, 0.29) is 12.5 Å². The second-order valence-electron chi connectivity index (χ2n) is 4.28. The minimum Gasteiger partial charge on any atom is -0.495 e. The third kappa shape index (κ3) is 3.85. The van der Waals surface area contributed by atoms with Crippen molar-refractivity contribution in [3.63, 3.8) is 0 Å². The number of nitrogens with one attached hydrogen (secondary N) is 1. The molecular weight excluding hydrogens is 286 g/mol. The van der Waals surface area contributed by atoms with Gasteiger partial charge < -0.3 is 15.2 Å². The molecule has 21 heavy (non-hydrogen) atoms. The van der Waals surface area contributed by atoms with Gasteiger partial charge in [-0.15, -0.1) is 11.3 Å². The van der Waals surface area contributed by atoms with Gasteiger partial charge in [-0.1, -0.05) is 17.9 Å². The second kappa shape index (κ2) is 6.93. The molecular formula is C16H15NO3S. The number of rotatable bonds is 3. The number of anilines is 1. The minimum atomic E-state index is -0.207. The third-order valence-electron chi connectivity index (χ3n) is 2.72. The van der Waals surface area contributed by atoms with Gasteiger partial charge in [-0.2, -0.15) is 0 Å². The van der Waals surface area contributed by atoms with Crippen LogP contribution in [0.2, 0.25) is 0 Å². The number of aryl methyl sites for hydroxylation is 1. The Hall–Kier alpha value is -2.29. The average Bonchev–Trinajstić information content (AvgIpc) is 2.94. The van der Waals surface area contributed by atoms with Gasteiger partial charge in [-0.05, 0) is 36.8 Å². The summed E-state index contributed by atoms with van der Waals surface area (Å²) < 4.78 is 5.23. The lowest BCUT2D eigenvalue weighted by atomic mass is 10.2. The zero-order valence-corrected chi connectivity index (χ0v) is 12.6. The molecule has 1 aromatic carbocycles. The predicted molar refractivity (Wildman–Crippen MR) is 84.0 cm³/mol. The first kappa shape index (κ1) is 15.1. The van der Waals surface area contributed by atoms with Gasteiger partial charge in [0.2, 0.25) is 0 Å². The molecule has 2 aromatic rings. The highest BCUT2D eigenvalue weighted by Gasteiger charge is 2.12. The van der Waals surface area contributed by atoms with E-state index < -0.39 is 0 Å². The number of carbonyl (C=O) groups excluding carboxylic acids is 1. The number of thiophene rings is 1. The highest BCUT2D eigenvalue weighted by atomic mass is 32.1. The molecule has 1 heterocycles. The molecule has 0 bridgehead atoms. The second-order valence-corrected chi connectivity index (χ2v) is 5.37. The Balaban J connectivity index is 2.18. The van der Waals surface area contributed by atoms with Gasteiger partial charge in [0.05, 0.1) is 22.6 Å². The van der Waals surface area contributed by atoms with Crippen LogP contribution >= 0.6 is 11.3 Å². The van der Waals surface area contributed by atoms with Gasteiger partial charge in [0.25, 0.3) is 5.91 Å². The summed E-state index contributed by atoms with van der Waals surface area (Å²) in [5, 5.41) is 11.5. The molecule has 0 saturated heterocycles. The summed E-state index contributed by atoms with van der Waals surface area (Å²) in [4.78, 5) is 13.5. The van der Waals surface area contributed by atoms with E-state index >= 15 is 0 Å². The molecule has 0 atom stereocenters. The van der Waals surface area contributed by atoms with E-state index in [1.165, 1.54) is 11.3 Å². The van der Waals surface area contributed by atoms with E-state index in [9.17, 15) is 4.79 Å². The molecule has 0 aliphatic carbocycles. The Kier molecular flexibility index (Phi) is 4.99. The number of aliphatic hydroxyl groups is 1. The molecule has 0 unspecified atom stereocenters. The first-order valence-electron chi connectivity index (χ1n) is 6.29. The van der Waals surface area contributed by atoms with Crippen LogP contribution in [0.5, 0.6) is 5.75 Å². The molecule has 0 fully saturated rings. The maximum Gasteiger partial charge on any atom is 0.265 e. The van der Waals surface area contributed by atoms with Crippen LogP contribution in [0.1, 0.15) is 20.1 Å². The Morgan fingerprint density at radius 1 is 1.38 bits per heavy atom. The van der Waals surface area contributed by atoms with Gasteiger partial charge >= 0.3 is 0 Å². The summed E-state index contributed by atoms with van der Waals surface area (Å²) >= 11 is 1.28. The van der Waals surface area contributed by atoms with Crippen LogP contribution < -0.4 is 10.1 Å². The molecule has 0 aliphatic heterocycles. The molecule has 108 valence electrons. The molecule has 0 saturated carbocycles. The third-order valence-corrected chi connectivity index (χ3v) is 3.72. The molecule has 2 N–H and O–H groups in total. The van der Waals surface area contributed by atoms with Crippen molar-refractivity contribution in [3.05, 3.63) is 45.6 Å². The van der Waals surface area contributed by atoms with Crippen molar-refractivity contribution in [1.82, 2.24) is 0 Å². The number of amides is 1. The minimum absolute atomic E-state index is 0.195. The monoisotopic (exact) mass is 301 g/mol. The summed E-state index contributed by atoms with van der Waals surface area (Å²) in [6.07, 6.45) is 0. The van der Waals surface area contributed by atoms with Crippen LogP contribution in [-0.4, -0.2) is 24.7 Å². The van der Waals surface area contributed by atoms with Crippen LogP contribution in [0.3, 0.4) is 0 Å². The topological polar surface area (TPSA) is 58.6 Å². The van der Waals surface area contributed by atoms with E-state index in [2.05, 4.69) is 17.2 Å². The van der Waals surface area contributed by atoms with Crippen molar-refractivity contribution >= 4 is 22.9 Å². The number of aliphatic hydroxyl groups excluding tert-OH is 1. The molecule has 1 aromatic heterocycles. The summed E-state index contributed by atoms with van der Waals surface area (Å²) in [6, 6.07) is 9.07. The fourth-order valence-corrected chi connectivity index (χ4v) is 2.53. The molecule has 2 rings (SSSR count). The fraction of sp³-hybridized carbons (Fsp3) is 0.188. The van der Waals surface area contributed by atoms with Crippen LogP contribution in [0.15, 0.2) is 30.3 Å². The lowest BCUT2D eigenvalue weighted by Gasteiger charge is -2.10. The number of hydrogen-bond donors (Lipinski definition) is 2. The van der Waals surface area contributed by atoms with Crippen molar-refractivity contribution in [1.29, 1.82) is 0 Å². The SMILES string of the molecule is COc1ccc(C)cc1NC(=O)c1ccc(C#CCO)s1. The first-order chi connectivity index (χ1) is 10.1. The molecule has 1 amide bonds. The number of hydrogen-bond acceptors (Lipinski definition) is 4. The Labute approximate surface area is 127 Å². The average molecular weight is 301 g/mol. The van der Waals surface area contributed by atoms with Crippen LogP contribution in [-0.2, 0) is 0 Å². The highest BCUT2D eigenvalue weighted by Crippen LogP contribution is 2.26. The summed E-state index contributed by atoms with van der Waals surface area (Å²) in [5.41, 5.74) is 1.67. The maximum atomic E-state index is 12.2. The lowest BCUT2D eigenvalue weighted by Crippen LogP contribution is -2.11. The van der Waals surface area contributed by atoms with Crippen molar-refractivity contribution in [3.8, 4) is 17.6 Å². The van der Waals surface area contributed by atoms with Crippen molar-refractivity contribution in [2.45, 2.75) is 6.92 Å². The molecule has 4 nitrogen and oxygen atoms in total. The van der Waals surface area contributed by atoms with E-state index in [0.29, 0.717) is 16.3 Å². The van der Waals surface area contributed by atoms with E-state index in [0.717, 1.165) is 10.4 Å². The van der Waals surface area contributed by atoms with Gasteiger partial charge in [0.15, 0.2) is 0 Å². The first-order valence-corrected chi connectivity index (χ1v) is 7.11. The van der Waals surface area contributed by atoms with Gasteiger partial charge in [-0.25, -0.2) is 0 Å². The zero-order valence-electron chi connectivity index (χ0n) is 11.8. The molecule has 0 aliphatic rings. The smallest absolute Gasteiger partial charge is 0.265 e. The number of methoxy groups -OCH3 is 1. The number of ether oxygens (including phenoxy) is 1. The van der Waals surface area contributed by atoms with Crippen LogP contribution in [0.4, 0.5) is 5.69 Å². The summed E-state index contributed by atoms with van der Waals surface area (Å²) in [6.45, 7) is 1.75. The van der Waals surface area contributed by atoms with Gasteiger partial charge in [0.1, 0.15) is 12.4 Å². The quantitative estimate of drug-likeness (QED) is 0.857. The van der Waals surface area contributed by atoms with E-state index in [4.69, 9.17) is 9.84 Å². The number of carbonyl (C=O) groups is 1. The Bertz CT molecular complexity index is 710. The Morgan fingerprint density at radius 2 is 2.19 bits per heavy atom. The largest absolute Gasteiger partial charge is 0.495 e. The normalized spacial score (nSPS) is 9.67. The highest BCUT2D eigenvalue weighted by molar-refractivity contribution is 7.14. The fourth-order valence-electron chi connectivity index (χ4n) is 1.76. The Morgan fingerprint density at radius 3 is 2.90 bits per heavy atom. The molecule has 0 spiro atoms. The van der Waals surface area contributed by atoms with Crippen molar-refractivity contribution < 1.29 is 14.6 Å². The van der Waals surface area contributed by atoms with E-state index in [1.54, 1.807) is 19.2 Å². The maximum absolute atomic E-state index is 12.2. The van der Waals surface area contributed by atoms with Crippen LogP contribution in [0, 0.1) is 18.8 Å². The zero-order chi connectivity index (χ0) is 15.2. The summed E-state index contributed by atoms with van der Waals surface area (Å²) in [7, 11) is 1.56. The van der Waals surface area contributed by atoms with Gasteiger partial charge in [0, 0.05) is 0 Å². The standard InChI is InChI=1S/C16H15NO3S/c1-11-5-7-14(20-2)13(10-11)17-16(19)15-8-6-12(21-15)4-3-9-18/h5-8,10,18H,9H2,1-2H3,(H,17,19). The van der Waals surface area contributed by atoms with E-state index in [1.807, 2.05) is 25.1 Å². The van der Waals surface area contributed by atoms with Crippen molar-refractivity contribution in [2.24, 2.45) is 0 Å². The predicted octanol–water partition coefficient (Wildman–Crippen LogP) is 2.66. The number of benzene rings is 1. The summed E-state index contributed by atoms with van der Waals surface area (Å²) in [5.74, 6) is 5.74.